The topological polar surface area (TPSA) is 80.8 Å². The maximum atomic E-state index is 11.9. The van der Waals surface area contributed by atoms with Crippen LogP contribution in [0.4, 0.5) is 5.69 Å². The first-order valence-electron chi connectivity index (χ1n) is 6.52. The maximum Gasteiger partial charge on any atom is 0.338 e. The van der Waals surface area contributed by atoms with Gasteiger partial charge in [-0.05, 0) is 44.0 Å². The van der Waals surface area contributed by atoms with Gasteiger partial charge in [-0.2, -0.15) is 0 Å². The highest BCUT2D eigenvalue weighted by atomic mass is 32.2. The normalized spacial score (nSPS) is 15.5. The molecular weight excluding hydrogens is 294 g/mol. The van der Waals surface area contributed by atoms with Gasteiger partial charge in [0.15, 0.2) is 11.9 Å². The van der Waals surface area contributed by atoms with Crippen LogP contribution in [0, 0.1) is 0 Å². The Morgan fingerprint density at radius 1 is 1.33 bits per heavy atom. The lowest BCUT2D eigenvalue weighted by molar-refractivity contribution is -0.124. The highest BCUT2D eigenvalue weighted by Crippen LogP contribution is 2.30. The predicted octanol–water partition coefficient (Wildman–Crippen LogP) is 1.14. The van der Waals surface area contributed by atoms with Crippen molar-refractivity contribution in [3.63, 3.8) is 0 Å². The number of hydrogen-bond acceptors (Lipinski definition) is 5. The number of carbonyl (C=O) groups excluding carboxylic acids is 2. The molecule has 0 amide bonds. The summed E-state index contributed by atoms with van der Waals surface area (Å²) in [6.45, 7) is 3.24. The zero-order valence-electron chi connectivity index (χ0n) is 12.1. The molecule has 1 unspecified atom stereocenters. The first-order valence-corrected chi connectivity index (χ1v) is 8.37. The minimum absolute atomic E-state index is 0.229. The van der Waals surface area contributed by atoms with Crippen molar-refractivity contribution in [2.24, 2.45) is 0 Å². The third-order valence-electron chi connectivity index (χ3n) is 3.42. The second-order valence-electron chi connectivity index (χ2n) is 5.09. The number of Topliss-reactive ketones (excluding diaryl/α,β-unsaturated/α-hetero) is 1. The summed E-state index contributed by atoms with van der Waals surface area (Å²) in [6.07, 6.45) is 0.906. The number of nitrogens with zero attached hydrogens (tertiary/aromatic N) is 1. The van der Waals surface area contributed by atoms with Crippen LogP contribution in [-0.4, -0.2) is 39.1 Å². The summed E-state index contributed by atoms with van der Waals surface area (Å²) in [5.74, 6) is -0.814. The van der Waals surface area contributed by atoms with E-state index in [1.807, 2.05) is 0 Å². The standard InChI is InChI=1S/C14H17NO5S/c1-9(16)10(2)20-14(17)12-4-5-13-11(8-12)6-7-15(13)21(3,18)19/h4-5,8,10H,6-7H2,1-3H3. The Balaban J connectivity index is 2.24. The number of anilines is 1. The number of rotatable bonds is 4. The number of fused-ring (bicyclic) bond motifs is 1. The van der Waals surface area contributed by atoms with Crippen LogP contribution >= 0.6 is 0 Å². The van der Waals surface area contributed by atoms with E-state index in [4.69, 9.17) is 4.74 Å². The van der Waals surface area contributed by atoms with Crippen LogP contribution in [0.15, 0.2) is 18.2 Å². The van der Waals surface area contributed by atoms with Gasteiger partial charge in [0.05, 0.1) is 17.5 Å². The number of esters is 1. The highest BCUT2D eigenvalue weighted by molar-refractivity contribution is 7.92. The summed E-state index contributed by atoms with van der Waals surface area (Å²) in [4.78, 5) is 23.0. The molecule has 0 saturated carbocycles. The fourth-order valence-electron chi connectivity index (χ4n) is 2.15. The van der Waals surface area contributed by atoms with E-state index < -0.39 is 22.1 Å². The summed E-state index contributed by atoms with van der Waals surface area (Å²) >= 11 is 0. The molecule has 1 heterocycles. The third-order valence-corrected chi connectivity index (χ3v) is 4.60. The first kappa shape index (κ1) is 15.5. The largest absolute Gasteiger partial charge is 0.451 e. The fraction of sp³-hybridized carbons (Fsp3) is 0.429. The van der Waals surface area contributed by atoms with Gasteiger partial charge in [-0.3, -0.25) is 9.10 Å². The van der Waals surface area contributed by atoms with Gasteiger partial charge in [0.2, 0.25) is 10.0 Å². The lowest BCUT2D eigenvalue weighted by Crippen LogP contribution is -2.27. The number of ketones is 1. The molecule has 1 aromatic rings. The molecule has 0 N–H and O–H groups in total. The zero-order valence-corrected chi connectivity index (χ0v) is 12.9. The average molecular weight is 311 g/mol. The maximum absolute atomic E-state index is 11.9. The molecule has 0 radical (unpaired) electrons. The van der Waals surface area contributed by atoms with Crippen molar-refractivity contribution in [3.05, 3.63) is 29.3 Å². The van der Waals surface area contributed by atoms with E-state index in [1.165, 1.54) is 24.2 Å². The Hall–Kier alpha value is -1.89. The predicted molar refractivity (Wildman–Crippen MR) is 77.9 cm³/mol. The van der Waals surface area contributed by atoms with Crippen LogP contribution in [0.25, 0.3) is 0 Å². The average Bonchev–Trinajstić information content (AvgIpc) is 2.80. The smallest absolute Gasteiger partial charge is 0.338 e. The molecule has 0 aliphatic carbocycles. The quantitative estimate of drug-likeness (QED) is 0.779. The minimum Gasteiger partial charge on any atom is -0.451 e. The number of ether oxygens (including phenoxy) is 1. The van der Waals surface area contributed by atoms with Crippen molar-refractivity contribution in [2.45, 2.75) is 26.4 Å². The lowest BCUT2D eigenvalue weighted by atomic mass is 10.1. The molecule has 0 fully saturated rings. The van der Waals surface area contributed by atoms with Crippen molar-refractivity contribution < 1.29 is 22.7 Å². The second-order valence-corrected chi connectivity index (χ2v) is 6.99. The van der Waals surface area contributed by atoms with Gasteiger partial charge >= 0.3 is 5.97 Å². The lowest BCUT2D eigenvalue weighted by Gasteiger charge is -2.16. The second kappa shape index (κ2) is 5.48. The Labute approximate surface area is 123 Å². The third kappa shape index (κ3) is 3.24. The monoisotopic (exact) mass is 311 g/mol. The molecule has 1 aliphatic rings. The summed E-state index contributed by atoms with van der Waals surface area (Å²) in [5.41, 5.74) is 1.69. The van der Waals surface area contributed by atoms with Crippen LogP contribution < -0.4 is 4.31 Å². The van der Waals surface area contributed by atoms with Crippen LogP contribution in [-0.2, 0) is 26.0 Å². The van der Waals surface area contributed by atoms with Gasteiger partial charge in [0.25, 0.3) is 0 Å². The van der Waals surface area contributed by atoms with Crippen LogP contribution in [0.5, 0.6) is 0 Å². The van der Waals surface area contributed by atoms with Crippen LogP contribution in [0.1, 0.15) is 29.8 Å². The van der Waals surface area contributed by atoms with Gasteiger partial charge in [-0.15, -0.1) is 0 Å². The van der Waals surface area contributed by atoms with E-state index in [-0.39, 0.29) is 5.78 Å². The first-order chi connectivity index (χ1) is 9.70. The van der Waals surface area contributed by atoms with Crippen LogP contribution in [0.3, 0.4) is 0 Å². The van der Waals surface area contributed by atoms with E-state index in [0.717, 1.165) is 11.8 Å². The highest BCUT2D eigenvalue weighted by Gasteiger charge is 2.27. The van der Waals surface area contributed by atoms with Crippen molar-refractivity contribution >= 4 is 27.5 Å². The van der Waals surface area contributed by atoms with Gasteiger partial charge in [-0.1, -0.05) is 0 Å². The molecule has 1 aromatic carbocycles. The molecule has 0 bridgehead atoms. The molecule has 0 saturated heterocycles. The van der Waals surface area contributed by atoms with Gasteiger partial charge in [-0.25, -0.2) is 13.2 Å². The minimum atomic E-state index is -3.31. The van der Waals surface area contributed by atoms with Crippen LogP contribution in [0.2, 0.25) is 0 Å². The van der Waals surface area contributed by atoms with Gasteiger partial charge in [0, 0.05) is 6.54 Å². The Morgan fingerprint density at radius 2 is 2.00 bits per heavy atom. The number of sulfonamides is 1. The Kier molecular flexibility index (Phi) is 4.04. The van der Waals surface area contributed by atoms with Crippen molar-refractivity contribution in [3.8, 4) is 0 Å². The molecule has 0 spiro atoms. The van der Waals surface area contributed by atoms with E-state index in [2.05, 4.69) is 0 Å². The Morgan fingerprint density at radius 3 is 2.57 bits per heavy atom. The molecule has 1 aliphatic heterocycles. The fourth-order valence-corrected chi connectivity index (χ4v) is 3.11. The summed E-state index contributed by atoms with van der Waals surface area (Å²) in [6, 6.07) is 4.73. The molecule has 1 atom stereocenters. The van der Waals surface area contributed by atoms with E-state index >= 15 is 0 Å². The van der Waals surface area contributed by atoms with Crippen molar-refractivity contribution in [1.82, 2.24) is 0 Å². The summed E-state index contributed by atoms with van der Waals surface area (Å²) in [5, 5.41) is 0. The molecular formula is C14H17NO5S. The van der Waals surface area contributed by atoms with E-state index in [9.17, 15) is 18.0 Å². The van der Waals surface area contributed by atoms with Crippen molar-refractivity contribution in [2.75, 3.05) is 17.1 Å². The van der Waals surface area contributed by atoms with Crippen molar-refractivity contribution in [1.29, 1.82) is 0 Å². The van der Waals surface area contributed by atoms with Gasteiger partial charge < -0.3 is 4.74 Å². The molecule has 0 aromatic heterocycles. The molecule has 6 nitrogen and oxygen atoms in total. The Bertz CT molecular complexity index is 695. The SMILES string of the molecule is CC(=O)C(C)OC(=O)c1ccc2c(c1)CCN2S(C)(=O)=O. The molecule has 2 rings (SSSR count). The number of hydrogen-bond donors (Lipinski definition) is 0. The van der Waals surface area contributed by atoms with E-state index in [0.29, 0.717) is 24.2 Å². The van der Waals surface area contributed by atoms with Gasteiger partial charge in [0.1, 0.15) is 0 Å². The number of carbonyl (C=O) groups is 2. The molecule has 114 valence electrons. The molecule has 21 heavy (non-hydrogen) atoms. The van der Waals surface area contributed by atoms with E-state index in [1.54, 1.807) is 12.1 Å². The number of benzene rings is 1. The zero-order chi connectivity index (χ0) is 15.8. The summed E-state index contributed by atoms with van der Waals surface area (Å²) in [7, 11) is -3.31. The molecule has 7 heteroatoms. The summed E-state index contributed by atoms with van der Waals surface area (Å²) < 4.78 is 29.6.